The lowest BCUT2D eigenvalue weighted by Gasteiger charge is -2.36. The molecule has 0 radical (unpaired) electrons. The highest BCUT2D eigenvalue weighted by Crippen LogP contribution is 2.24. The molecular formula is C20H27Cl2N5O3. The second-order valence-electron chi connectivity index (χ2n) is 7.77. The van der Waals surface area contributed by atoms with Crippen LogP contribution in [0.1, 0.15) is 44.7 Å². The van der Waals surface area contributed by atoms with Crippen LogP contribution in [-0.2, 0) is 11.3 Å². The lowest BCUT2D eigenvalue weighted by Crippen LogP contribution is -2.52. The van der Waals surface area contributed by atoms with E-state index < -0.39 is 12.1 Å². The lowest BCUT2D eigenvalue weighted by molar-refractivity contribution is -0.0905. The minimum Gasteiger partial charge on any atom is -0.394 e. The van der Waals surface area contributed by atoms with E-state index in [0.29, 0.717) is 34.6 Å². The Hall–Kier alpha value is -1.87. The molecule has 2 aromatic rings. The molecule has 3 rings (SSSR count). The van der Waals surface area contributed by atoms with Crippen LogP contribution < -0.4 is 10.6 Å². The van der Waals surface area contributed by atoms with E-state index in [4.69, 9.17) is 27.9 Å². The van der Waals surface area contributed by atoms with Crippen LogP contribution in [0.3, 0.4) is 0 Å². The Morgan fingerprint density at radius 3 is 2.67 bits per heavy atom. The number of ether oxygens (including phenoxy) is 1. The summed E-state index contributed by atoms with van der Waals surface area (Å²) in [6.45, 7) is 4.67. The number of nitrogens with zero attached hydrogens (tertiary/aromatic N) is 3. The minimum atomic E-state index is -0.473. The summed E-state index contributed by atoms with van der Waals surface area (Å²) in [4.78, 5) is 12.4. The third kappa shape index (κ3) is 6.31. The van der Waals surface area contributed by atoms with Gasteiger partial charge in [-0.1, -0.05) is 42.3 Å². The highest BCUT2D eigenvalue weighted by Gasteiger charge is 2.32. The van der Waals surface area contributed by atoms with Gasteiger partial charge in [0.15, 0.2) is 0 Å². The molecule has 0 saturated carbocycles. The van der Waals surface area contributed by atoms with Gasteiger partial charge in [-0.2, -0.15) is 0 Å². The molecule has 3 atom stereocenters. The molecule has 1 aliphatic rings. The molecule has 30 heavy (non-hydrogen) atoms. The second-order valence-corrected chi connectivity index (χ2v) is 8.64. The summed E-state index contributed by atoms with van der Waals surface area (Å²) in [5.74, 6) is 0.337. The van der Waals surface area contributed by atoms with E-state index in [2.05, 4.69) is 34.8 Å². The van der Waals surface area contributed by atoms with Crippen LogP contribution in [0.5, 0.6) is 0 Å². The highest BCUT2D eigenvalue weighted by atomic mass is 35.5. The Labute approximate surface area is 185 Å². The molecule has 0 spiro atoms. The molecule has 0 unspecified atom stereocenters. The Balaban J connectivity index is 1.49. The van der Waals surface area contributed by atoms with Gasteiger partial charge in [-0.25, -0.2) is 4.79 Å². The first-order valence-electron chi connectivity index (χ1n) is 10.0. The Kier molecular flexibility index (Phi) is 7.93. The Morgan fingerprint density at radius 1 is 1.30 bits per heavy atom. The standard InChI is InChI=1S/C20H27Cl2N5O3/c1-12(2)18-10-27(26-25-18)6-5-16-3-4-17(19(11-28)30-16)24-20(29)23-15-8-13(21)7-14(22)9-15/h7-10,12,16-17,19,28H,3-6,11H2,1-2H3,(H2,23,24,29)/t16-,17+,19+/m1/s1. The van der Waals surface area contributed by atoms with E-state index in [1.54, 1.807) is 18.2 Å². The molecule has 3 N–H and O–H groups in total. The number of carbonyl (C=O) groups excluding carboxylic acids is 1. The molecule has 1 aromatic carbocycles. The van der Waals surface area contributed by atoms with Gasteiger partial charge in [0.05, 0.1) is 24.4 Å². The van der Waals surface area contributed by atoms with E-state index in [1.165, 1.54) is 0 Å². The number of amides is 2. The van der Waals surface area contributed by atoms with Gasteiger partial charge in [0.25, 0.3) is 0 Å². The quantitative estimate of drug-likeness (QED) is 0.588. The van der Waals surface area contributed by atoms with Gasteiger partial charge in [0.1, 0.15) is 6.10 Å². The van der Waals surface area contributed by atoms with Crippen molar-refractivity contribution >= 4 is 34.9 Å². The number of aromatic nitrogens is 3. The van der Waals surface area contributed by atoms with Crippen LogP contribution in [-0.4, -0.2) is 51.0 Å². The topological polar surface area (TPSA) is 101 Å². The average molecular weight is 456 g/mol. The normalized spacial score (nSPS) is 21.6. The van der Waals surface area contributed by atoms with Crippen molar-refractivity contribution in [2.45, 2.75) is 63.8 Å². The zero-order valence-corrected chi connectivity index (χ0v) is 18.5. The summed E-state index contributed by atoms with van der Waals surface area (Å²) in [5, 5.41) is 24.5. The van der Waals surface area contributed by atoms with Gasteiger partial charge in [0, 0.05) is 28.5 Å². The summed E-state index contributed by atoms with van der Waals surface area (Å²) < 4.78 is 7.84. The number of hydrogen-bond acceptors (Lipinski definition) is 5. The third-order valence-electron chi connectivity index (χ3n) is 5.06. The van der Waals surface area contributed by atoms with Crippen LogP contribution >= 0.6 is 23.2 Å². The SMILES string of the molecule is CC(C)c1cn(CC[C@H]2CC[C@H](NC(=O)Nc3cc(Cl)cc(Cl)c3)[C@H](CO)O2)nn1. The summed E-state index contributed by atoms with van der Waals surface area (Å²) in [5.41, 5.74) is 1.46. The van der Waals surface area contributed by atoms with E-state index in [9.17, 15) is 9.90 Å². The lowest BCUT2D eigenvalue weighted by atomic mass is 9.97. The van der Waals surface area contributed by atoms with Crippen molar-refractivity contribution in [2.75, 3.05) is 11.9 Å². The fourth-order valence-corrected chi connectivity index (χ4v) is 3.96. The summed E-state index contributed by atoms with van der Waals surface area (Å²) >= 11 is 11.9. The second kappa shape index (κ2) is 10.4. The number of anilines is 1. The first-order valence-corrected chi connectivity index (χ1v) is 10.8. The van der Waals surface area contributed by atoms with Gasteiger partial charge in [-0.15, -0.1) is 5.10 Å². The van der Waals surface area contributed by atoms with Crippen LogP contribution in [0.15, 0.2) is 24.4 Å². The average Bonchev–Trinajstić information content (AvgIpc) is 3.15. The van der Waals surface area contributed by atoms with Crippen molar-refractivity contribution < 1.29 is 14.6 Å². The van der Waals surface area contributed by atoms with Gasteiger partial charge in [-0.3, -0.25) is 4.68 Å². The molecule has 1 saturated heterocycles. The predicted octanol–water partition coefficient (Wildman–Crippen LogP) is 3.83. The maximum atomic E-state index is 12.4. The fourth-order valence-electron chi connectivity index (χ4n) is 3.43. The van der Waals surface area contributed by atoms with Crippen LogP contribution in [0.25, 0.3) is 0 Å². The number of hydrogen-bond donors (Lipinski definition) is 3. The number of aliphatic hydroxyl groups excluding tert-OH is 1. The minimum absolute atomic E-state index is 0.0123. The number of carbonyl (C=O) groups is 1. The van der Waals surface area contributed by atoms with Crippen molar-refractivity contribution in [3.8, 4) is 0 Å². The fraction of sp³-hybridized carbons (Fsp3) is 0.550. The monoisotopic (exact) mass is 455 g/mol. The summed E-state index contributed by atoms with van der Waals surface area (Å²) in [6, 6.07) is 4.12. The summed E-state index contributed by atoms with van der Waals surface area (Å²) in [6.07, 6.45) is 3.70. The number of nitrogens with one attached hydrogen (secondary N) is 2. The van der Waals surface area contributed by atoms with Gasteiger partial charge < -0.3 is 20.5 Å². The zero-order chi connectivity index (χ0) is 21.7. The largest absolute Gasteiger partial charge is 0.394 e. The number of urea groups is 1. The van der Waals surface area contributed by atoms with E-state index >= 15 is 0 Å². The van der Waals surface area contributed by atoms with Gasteiger partial charge >= 0.3 is 6.03 Å². The number of aliphatic hydroxyl groups is 1. The Bertz CT molecular complexity index is 840. The molecule has 10 heteroatoms. The van der Waals surface area contributed by atoms with Crippen molar-refractivity contribution in [2.24, 2.45) is 0 Å². The maximum absolute atomic E-state index is 12.4. The molecule has 1 aliphatic heterocycles. The Morgan fingerprint density at radius 2 is 2.03 bits per heavy atom. The highest BCUT2D eigenvalue weighted by molar-refractivity contribution is 6.35. The number of benzene rings is 1. The molecule has 164 valence electrons. The first kappa shape index (κ1) is 22.8. The molecule has 0 aliphatic carbocycles. The zero-order valence-electron chi connectivity index (χ0n) is 17.0. The van der Waals surface area contributed by atoms with E-state index in [-0.39, 0.29) is 18.8 Å². The van der Waals surface area contributed by atoms with Gasteiger partial charge in [0.2, 0.25) is 0 Å². The molecule has 2 heterocycles. The van der Waals surface area contributed by atoms with E-state index in [0.717, 1.165) is 18.5 Å². The molecule has 1 fully saturated rings. The molecule has 1 aromatic heterocycles. The summed E-state index contributed by atoms with van der Waals surface area (Å²) in [7, 11) is 0. The third-order valence-corrected chi connectivity index (χ3v) is 5.50. The number of halogens is 2. The van der Waals surface area contributed by atoms with Crippen molar-refractivity contribution in [1.82, 2.24) is 20.3 Å². The maximum Gasteiger partial charge on any atom is 0.319 e. The van der Waals surface area contributed by atoms with Crippen molar-refractivity contribution in [3.63, 3.8) is 0 Å². The van der Waals surface area contributed by atoms with Crippen LogP contribution in [0, 0.1) is 0 Å². The van der Waals surface area contributed by atoms with E-state index in [1.807, 2.05) is 10.9 Å². The molecule has 2 amide bonds. The van der Waals surface area contributed by atoms with Crippen LogP contribution in [0.2, 0.25) is 10.0 Å². The number of rotatable bonds is 7. The van der Waals surface area contributed by atoms with Crippen molar-refractivity contribution in [3.05, 3.63) is 40.1 Å². The molecular weight excluding hydrogens is 429 g/mol. The van der Waals surface area contributed by atoms with Crippen molar-refractivity contribution in [1.29, 1.82) is 0 Å². The van der Waals surface area contributed by atoms with Gasteiger partial charge in [-0.05, 0) is 43.4 Å². The predicted molar refractivity (Wildman–Crippen MR) is 116 cm³/mol. The van der Waals surface area contributed by atoms with Crippen LogP contribution in [0.4, 0.5) is 10.5 Å². The molecule has 8 nitrogen and oxygen atoms in total. The first-order chi connectivity index (χ1) is 14.3. The number of aryl methyl sites for hydroxylation is 1. The smallest absolute Gasteiger partial charge is 0.319 e. The molecule has 0 bridgehead atoms.